The van der Waals surface area contributed by atoms with Crippen molar-refractivity contribution in [2.75, 3.05) is 7.11 Å². The Morgan fingerprint density at radius 1 is 0.677 bits per heavy atom. The minimum absolute atomic E-state index is 0.118. The number of aliphatic imine (C=N–C) groups is 1. The van der Waals surface area contributed by atoms with Gasteiger partial charge in [0.15, 0.2) is 0 Å². The van der Waals surface area contributed by atoms with Crippen LogP contribution in [0.3, 0.4) is 0 Å². The van der Waals surface area contributed by atoms with Crippen molar-refractivity contribution in [2.45, 2.75) is 5.92 Å². The summed E-state index contributed by atoms with van der Waals surface area (Å²) in [4.78, 5) is 5.11. The Morgan fingerprint density at radius 2 is 1.26 bits per heavy atom. The van der Waals surface area contributed by atoms with Crippen molar-refractivity contribution in [2.24, 2.45) is 4.99 Å². The maximum atomic E-state index is 5.75. The predicted molar refractivity (Wildman–Crippen MR) is 128 cm³/mol. The molecule has 1 unspecified atom stereocenters. The maximum Gasteiger partial charge on any atom is 0.221 e. The van der Waals surface area contributed by atoms with E-state index in [4.69, 9.17) is 9.73 Å². The molecule has 2 nitrogen and oxygen atoms in total. The highest BCUT2D eigenvalue weighted by atomic mass is 16.5. The number of benzene rings is 4. The first kappa shape index (κ1) is 19.1. The highest BCUT2D eigenvalue weighted by Gasteiger charge is 2.33. The highest BCUT2D eigenvalue weighted by molar-refractivity contribution is 6.06. The third-order valence-electron chi connectivity index (χ3n) is 5.72. The molecule has 4 aromatic rings. The lowest BCUT2D eigenvalue weighted by Gasteiger charge is -2.18. The van der Waals surface area contributed by atoms with Crippen LogP contribution in [0.2, 0.25) is 0 Å². The summed E-state index contributed by atoms with van der Waals surface area (Å²) >= 11 is 0. The van der Waals surface area contributed by atoms with Gasteiger partial charge in [-0.15, -0.1) is 0 Å². The van der Waals surface area contributed by atoms with Gasteiger partial charge in [0.05, 0.1) is 12.8 Å². The molecule has 0 heterocycles. The Labute approximate surface area is 183 Å². The fourth-order valence-electron chi connectivity index (χ4n) is 4.35. The van der Waals surface area contributed by atoms with E-state index in [0.717, 1.165) is 16.8 Å². The van der Waals surface area contributed by atoms with E-state index in [0.29, 0.717) is 5.90 Å². The Balaban J connectivity index is 1.80. The van der Waals surface area contributed by atoms with Crippen molar-refractivity contribution in [1.29, 1.82) is 0 Å². The van der Waals surface area contributed by atoms with Gasteiger partial charge in [-0.05, 0) is 34.4 Å². The SMILES string of the molecule is COC(=NC1=C(c2ccccc2)C(c2ccccc2)c2ccccc21)c1ccccc1. The molecule has 1 aliphatic rings. The smallest absolute Gasteiger partial charge is 0.221 e. The van der Waals surface area contributed by atoms with Gasteiger partial charge in [-0.3, -0.25) is 0 Å². The summed E-state index contributed by atoms with van der Waals surface area (Å²) in [6.07, 6.45) is 0. The van der Waals surface area contributed by atoms with Crippen LogP contribution in [0.15, 0.2) is 120 Å². The number of ether oxygens (including phenoxy) is 1. The molecule has 31 heavy (non-hydrogen) atoms. The number of nitrogens with zero attached hydrogens (tertiary/aromatic N) is 1. The molecule has 0 amide bonds. The van der Waals surface area contributed by atoms with E-state index in [1.54, 1.807) is 7.11 Å². The third kappa shape index (κ3) is 3.57. The second kappa shape index (κ2) is 8.45. The normalized spacial score (nSPS) is 15.6. The molecule has 1 aliphatic carbocycles. The van der Waals surface area contributed by atoms with Crippen LogP contribution in [0.5, 0.6) is 0 Å². The van der Waals surface area contributed by atoms with Gasteiger partial charge < -0.3 is 4.74 Å². The molecule has 0 spiro atoms. The predicted octanol–water partition coefficient (Wildman–Crippen LogP) is 6.79. The second-order valence-corrected chi connectivity index (χ2v) is 7.55. The van der Waals surface area contributed by atoms with Crippen LogP contribution in [0.1, 0.15) is 33.7 Å². The molecule has 0 aromatic heterocycles. The van der Waals surface area contributed by atoms with E-state index in [2.05, 4.69) is 84.9 Å². The molecule has 0 radical (unpaired) electrons. The monoisotopic (exact) mass is 401 g/mol. The maximum absolute atomic E-state index is 5.75. The third-order valence-corrected chi connectivity index (χ3v) is 5.72. The van der Waals surface area contributed by atoms with Crippen molar-refractivity contribution < 1.29 is 4.74 Å². The van der Waals surface area contributed by atoms with Gasteiger partial charge in [-0.25, -0.2) is 4.99 Å². The van der Waals surface area contributed by atoms with E-state index in [9.17, 15) is 0 Å². The molecule has 0 bridgehead atoms. The van der Waals surface area contributed by atoms with Crippen LogP contribution in [-0.4, -0.2) is 13.0 Å². The average molecular weight is 402 g/mol. The Hall–Kier alpha value is -3.91. The van der Waals surface area contributed by atoms with E-state index >= 15 is 0 Å². The van der Waals surface area contributed by atoms with Gasteiger partial charge in [0.2, 0.25) is 5.90 Å². The van der Waals surface area contributed by atoms with Gasteiger partial charge in [0.25, 0.3) is 0 Å². The molecule has 0 saturated carbocycles. The van der Waals surface area contributed by atoms with E-state index in [-0.39, 0.29) is 5.92 Å². The van der Waals surface area contributed by atoms with Gasteiger partial charge >= 0.3 is 0 Å². The van der Waals surface area contributed by atoms with Crippen LogP contribution in [0.25, 0.3) is 11.3 Å². The molecule has 1 atom stereocenters. The van der Waals surface area contributed by atoms with Crippen LogP contribution in [0.4, 0.5) is 0 Å². The lowest BCUT2D eigenvalue weighted by Crippen LogP contribution is -2.04. The highest BCUT2D eigenvalue weighted by Crippen LogP contribution is 2.50. The molecule has 150 valence electrons. The van der Waals surface area contributed by atoms with Crippen LogP contribution < -0.4 is 0 Å². The first-order valence-electron chi connectivity index (χ1n) is 10.5. The lowest BCUT2D eigenvalue weighted by atomic mass is 9.85. The summed E-state index contributed by atoms with van der Waals surface area (Å²) in [6.45, 7) is 0. The zero-order valence-electron chi connectivity index (χ0n) is 17.4. The topological polar surface area (TPSA) is 21.6 Å². The van der Waals surface area contributed by atoms with Gasteiger partial charge in [0, 0.05) is 17.0 Å². The number of rotatable bonds is 4. The van der Waals surface area contributed by atoms with Gasteiger partial charge in [-0.1, -0.05) is 103 Å². The fourth-order valence-corrected chi connectivity index (χ4v) is 4.35. The van der Waals surface area contributed by atoms with Crippen LogP contribution >= 0.6 is 0 Å². The molecule has 0 fully saturated rings. The summed E-state index contributed by atoms with van der Waals surface area (Å²) < 4.78 is 5.75. The van der Waals surface area contributed by atoms with Crippen molar-refractivity contribution in [3.63, 3.8) is 0 Å². The van der Waals surface area contributed by atoms with Crippen molar-refractivity contribution in [3.05, 3.63) is 143 Å². The summed E-state index contributed by atoms with van der Waals surface area (Å²) in [6, 6.07) is 39.9. The fraction of sp³-hybridized carbons (Fsp3) is 0.0690. The van der Waals surface area contributed by atoms with Crippen molar-refractivity contribution in [3.8, 4) is 0 Å². The summed E-state index contributed by atoms with van der Waals surface area (Å²) in [7, 11) is 1.68. The zero-order valence-corrected chi connectivity index (χ0v) is 17.4. The minimum atomic E-state index is 0.118. The number of allylic oxidation sites excluding steroid dienone is 1. The summed E-state index contributed by atoms with van der Waals surface area (Å²) in [5.74, 6) is 0.736. The van der Waals surface area contributed by atoms with Crippen LogP contribution in [0, 0.1) is 0 Å². The van der Waals surface area contributed by atoms with Crippen molar-refractivity contribution in [1.82, 2.24) is 0 Å². The Kier molecular flexibility index (Phi) is 5.20. The molecular weight excluding hydrogens is 378 g/mol. The number of fused-ring (bicyclic) bond motifs is 1. The van der Waals surface area contributed by atoms with E-state index < -0.39 is 0 Å². The average Bonchev–Trinajstić information content (AvgIpc) is 3.18. The molecule has 5 rings (SSSR count). The lowest BCUT2D eigenvalue weighted by molar-refractivity contribution is 0.405. The minimum Gasteiger partial charge on any atom is -0.481 e. The van der Waals surface area contributed by atoms with Gasteiger partial charge in [0.1, 0.15) is 0 Å². The first-order valence-corrected chi connectivity index (χ1v) is 10.5. The Bertz CT molecular complexity index is 1240. The van der Waals surface area contributed by atoms with E-state index in [1.807, 2.05) is 30.3 Å². The standard InChI is InChI=1S/C29H23NO/c1-31-29(23-17-9-4-10-18-23)30-28-25-20-12-11-19-24(25)26(21-13-5-2-6-14-21)27(28)22-15-7-3-8-16-22/h2-20,26H,1H3. The first-order chi connectivity index (χ1) is 15.4. The number of hydrogen-bond acceptors (Lipinski definition) is 2. The van der Waals surface area contributed by atoms with Crippen LogP contribution in [-0.2, 0) is 4.74 Å². The van der Waals surface area contributed by atoms with Gasteiger partial charge in [-0.2, -0.15) is 0 Å². The molecule has 0 N–H and O–H groups in total. The van der Waals surface area contributed by atoms with E-state index in [1.165, 1.54) is 22.3 Å². The quantitative estimate of drug-likeness (QED) is 0.272. The summed E-state index contributed by atoms with van der Waals surface area (Å²) in [5.41, 5.74) is 8.00. The molecule has 0 aliphatic heterocycles. The summed E-state index contributed by atoms with van der Waals surface area (Å²) in [5, 5.41) is 0. The Morgan fingerprint density at radius 3 is 1.94 bits per heavy atom. The van der Waals surface area contributed by atoms with Crippen molar-refractivity contribution >= 4 is 17.2 Å². The molecule has 2 heteroatoms. The second-order valence-electron chi connectivity index (χ2n) is 7.55. The number of methoxy groups -OCH3 is 1. The number of hydrogen-bond donors (Lipinski definition) is 0. The molecule has 0 saturated heterocycles. The zero-order chi connectivity index (χ0) is 21.0. The molecular formula is C29H23NO. The largest absolute Gasteiger partial charge is 0.481 e. The molecule has 4 aromatic carbocycles.